The Balaban J connectivity index is 1.85. The average molecular weight is 285 g/mol. The highest BCUT2D eigenvalue weighted by Crippen LogP contribution is 2.37. The minimum atomic E-state index is 0.522. The van der Waals surface area contributed by atoms with E-state index in [1.807, 2.05) is 11.3 Å². The molecule has 1 aliphatic rings. The van der Waals surface area contributed by atoms with E-state index in [2.05, 4.69) is 54.9 Å². The predicted octanol–water partition coefficient (Wildman–Crippen LogP) is 4.51. The van der Waals surface area contributed by atoms with Crippen molar-refractivity contribution in [1.82, 2.24) is 5.32 Å². The minimum Gasteiger partial charge on any atom is -0.309 e. The van der Waals surface area contributed by atoms with Gasteiger partial charge in [-0.05, 0) is 66.8 Å². The highest BCUT2D eigenvalue weighted by molar-refractivity contribution is 7.10. The van der Waals surface area contributed by atoms with Gasteiger partial charge in [0, 0.05) is 10.9 Å². The molecular formula is C18H23NS. The van der Waals surface area contributed by atoms with Gasteiger partial charge in [0.05, 0.1) is 0 Å². The monoisotopic (exact) mass is 285 g/mol. The normalized spacial score (nSPS) is 19.6. The van der Waals surface area contributed by atoms with E-state index in [1.54, 1.807) is 11.1 Å². The Morgan fingerprint density at radius 1 is 1.25 bits per heavy atom. The summed E-state index contributed by atoms with van der Waals surface area (Å²) in [5.41, 5.74) is 4.56. The molecule has 1 nitrogen and oxygen atoms in total. The van der Waals surface area contributed by atoms with Gasteiger partial charge in [-0.25, -0.2) is 0 Å². The minimum absolute atomic E-state index is 0.522. The largest absolute Gasteiger partial charge is 0.309 e. The number of hydrogen-bond donors (Lipinski definition) is 1. The summed E-state index contributed by atoms with van der Waals surface area (Å²) in [6, 6.07) is 11.7. The van der Waals surface area contributed by atoms with Gasteiger partial charge in [0.15, 0.2) is 0 Å². The second kappa shape index (κ2) is 6.11. The lowest BCUT2D eigenvalue weighted by molar-refractivity contribution is 0.334. The summed E-state index contributed by atoms with van der Waals surface area (Å²) in [5, 5.41) is 5.96. The highest BCUT2D eigenvalue weighted by atomic mass is 32.1. The van der Waals surface area contributed by atoms with Crippen LogP contribution in [-0.4, -0.2) is 6.54 Å². The van der Waals surface area contributed by atoms with E-state index >= 15 is 0 Å². The van der Waals surface area contributed by atoms with Crippen molar-refractivity contribution >= 4 is 11.3 Å². The first-order valence-corrected chi connectivity index (χ1v) is 8.51. The number of aryl methyl sites for hydroxylation is 2. The Morgan fingerprint density at radius 3 is 2.75 bits per heavy atom. The molecular weight excluding hydrogens is 262 g/mol. The van der Waals surface area contributed by atoms with Gasteiger partial charge in [0.2, 0.25) is 0 Å². The van der Waals surface area contributed by atoms with Crippen molar-refractivity contribution in [2.24, 2.45) is 5.92 Å². The fourth-order valence-electron chi connectivity index (χ4n) is 3.41. The summed E-state index contributed by atoms with van der Waals surface area (Å²) in [5.74, 6) is 0.724. The number of nitrogens with one attached hydrogen (secondary N) is 1. The maximum absolute atomic E-state index is 3.74. The van der Waals surface area contributed by atoms with Crippen molar-refractivity contribution < 1.29 is 0 Å². The van der Waals surface area contributed by atoms with E-state index in [0.29, 0.717) is 6.04 Å². The first kappa shape index (κ1) is 13.8. The zero-order chi connectivity index (χ0) is 13.9. The lowest BCUT2D eigenvalue weighted by Crippen LogP contribution is -2.31. The van der Waals surface area contributed by atoms with E-state index in [0.717, 1.165) is 12.5 Å². The van der Waals surface area contributed by atoms with Gasteiger partial charge in [0.25, 0.3) is 0 Å². The Bertz CT molecular complexity index is 572. The maximum atomic E-state index is 3.74. The van der Waals surface area contributed by atoms with E-state index in [1.165, 1.54) is 29.7 Å². The molecule has 0 saturated heterocycles. The molecule has 106 valence electrons. The molecule has 2 heteroatoms. The molecule has 0 amide bonds. The summed E-state index contributed by atoms with van der Waals surface area (Å²) in [6.45, 7) is 5.50. The lowest BCUT2D eigenvalue weighted by atomic mass is 9.79. The standard InChI is InChI=1S/C18H23NS/c1-3-19-17(18-13(2)10-11-20-18)16-9-8-14-6-4-5-7-15(14)12-16/h4-7,10-11,16-17,19H,3,8-9,12H2,1-2H3. The molecule has 0 spiro atoms. The molecule has 1 aromatic carbocycles. The maximum Gasteiger partial charge on any atom is 0.0449 e. The SMILES string of the molecule is CCNC(c1sccc1C)C1CCc2ccccc2C1. The third kappa shape index (κ3) is 2.68. The summed E-state index contributed by atoms with van der Waals surface area (Å²) in [4.78, 5) is 1.54. The predicted molar refractivity (Wildman–Crippen MR) is 87.4 cm³/mol. The number of hydrogen-bond acceptors (Lipinski definition) is 2. The fraction of sp³-hybridized carbons (Fsp3) is 0.444. The third-order valence-electron chi connectivity index (χ3n) is 4.46. The Morgan fingerprint density at radius 2 is 2.05 bits per heavy atom. The molecule has 0 saturated carbocycles. The summed E-state index contributed by atoms with van der Waals surface area (Å²) in [7, 11) is 0. The van der Waals surface area contributed by atoms with Gasteiger partial charge in [-0.3, -0.25) is 0 Å². The second-order valence-electron chi connectivity index (χ2n) is 5.77. The molecule has 20 heavy (non-hydrogen) atoms. The van der Waals surface area contributed by atoms with Crippen LogP contribution in [0.15, 0.2) is 35.7 Å². The van der Waals surface area contributed by atoms with Crippen LogP contribution in [0.5, 0.6) is 0 Å². The lowest BCUT2D eigenvalue weighted by Gasteiger charge is -2.32. The molecule has 1 aliphatic carbocycles. The first-order valence-electron chi connectivity index (χ1n) is 7.63. The number of fused-ring (bicyclic) bond motifs is 1. The van der Waals surface area contributed by atoms with E-state index < -0.39 is 0 Å². The molecule has 2 unspecified atom stereocenters. The van der Waals surface area contributed by atoms with Crippen LogP contribution in [0.1, 0.15) is 41.0 Å². The van der Waals surface area contributed by atoms with Crippen molar-refractivity contribution in [2.45, 2.75) is 39.2 Å². The zero-order valence-corrected chi connectivity index (χ0v) is 13.2. The van der Waals surface area contributed by atoms with Crippen LogP contribution in [0.3, 0.4) is 0 Å². The van der Waals surface area contributed by atoms with Gasteiger partial charge < -0.3 is 5.32 Å². The molecule has 1 heterocycles. The summed E-state index contributed by atoms with van der Waals surface area (Å²) in [6.07, 6.45) is 3.74. The van der Waals surface area contributed by atoms with Crippen molar-refractivity contribution in [3.63, 3.8) is 0 Å². The molecule has 0 fully saturated rings. The number of rotatable bonds is 4. The van der Waals surface area contributed by atoms with Crippen molar-refractivity contribution in [2.75, 3.05) is 6.54 Å². The van der Waals surface area contributed by atoms with E-state index in [4.69, 9.17) is 0 Å². The van der Waals surface area contributed by atoms with Crippen LogP contribution < -0.4 is 5.32 Å². The zero-order valence-electron chi connectivity index (χ0n) is 12.4. The smallest absolute Gasteiger partial charge is 0.0449 e. The van der Waals surface area contributed by atoms with Crippen LogP contribution in [0.25, 0.3) is 0 Å². The van der Waals surface area contributed by atoms with Gasteiger partial charge in [-0.1, -0.05) is 31.2 Å². The van der Waals surface area contributed by atoms with E-state index in [9.17, 15) is 0 Å². The summed E-state index contributed by atoms with van der Waals surface area (Å²) < 4.78 is 0. The van der Waals surface area contributed by atoms with Gasteiger partial charge in [0.1, 0.15) is 0 Å². The van der Waals surface area contributed by atoms with Crippen molar-refractivity contribution in [1.29, 1.82) is 0 Å². The van der Waals surface area contributed by atoms with Gasteiger partial charge >= 0.3 is 0 Å². The van der Waals surface area contributed by atoms with Crippen LogP contribution in [0, 0.1) is 12.8 Å². The highest BCUT2D eigenvalue weighted by Gasteiger charge is 2.28. The topological polar surface area (TPSA) is 12.0 Å². The van der Waals surface area contributed by atoms with Crippen LogP contribution in [0.2, 0.25) is 0 Å². The van der Waals surface area contributed by atoms with Crippen LogP contribution in [-0.2, 0) is 12.8 Å². The quantitative estimate of drug-likeness (QED) is 0.871. The molecule has 2 atom stereocenters. The fourth-order valence-corrected chi connectivity index (χ4v) is 4.50. The van der Waals surface area contributed by atoms with E-state index in [-0.39, 0.29) is 0 Å². The number of benzene rings is 1. The third-order valence-corrected chi connectivity index (χ3v) is 5.57. The molecule has 0 radical (unpaired) electrons. The molecule has 3 rings (SSSR count). The van der Waals surface area contributed by atoms with Gasteiger partial charge in [-0.2, -0.15) is 0 Å². The molecule has 0 bridgehead atoms. The molecule has 1 aromatic heterocycles. The molecule has 2 aromatic rings. The van der Waals surface area contributed by atoms with Crippen molar-refractivity contribution in [3.8, 4) is 0 Å². The first-order chi connectivity index (χ1) is 9.79. The van der Waals surface area contributed by atoms with Crippen LogP contribution >= 0.6 is 11.3 Å². The Hall–Kier alpha value is -1.12. The summed E-state index contributed by atoms with van der Waals surface area (Å²) >= 11 is 1.91. The number of thiophene rings is 1. The molecule has 1 N–H and O–H groups in total. The Kier molecular flexibility index (Phi) is 4.23. The molecule has 0 aliphatic heterocycles. The average Bonchev–Trinajstić information content (AvgIpc) is 2.90. The van der Waals surface area contributed by atoms with Crippen molar-refractivity contribution in [3.05, 3.63) is 57.3 Å². The van der Waals surface area contributed by atoms with Gasteiger partial charge in [-0.15, -0.1) is 11.3 Å². The van der Waals surface area contributed by atoms with Crippen LogP contribution in [0.4, 0.5) is 0 Å². The Labute approximate surface area is 126 Å². The second-order valence-corrected chi connectivity index (χ2v) is 6.72.